The van der Waals surface area contributed by atoms with Gasteiger partial charge in [0.1, 0.15) is 13.2 Å². The quantitative estimate of drug-likeness (QED) is 0.719. The molecule has 76 valence electrons. The van der Waals surface area contributed by atoms with E-state index in [-0.39, 0.29) is 0 Å². The molecular formula is C10H13NO3. The first kappa shape index (κ1) is 9.30. The molecule has 14 heavy (non-hydrogen) atoms. The van der Waals surface area contributed by atoms with Gasteiger partial charge in [-0.15, -0.1) is 0 Å². The van der Waals surface area contributed by atoms with Crippen molar-refractivity contribution in [3.05, 3.63) is 23.3 Å². The molecule has 1 aromatic carbocycles. The summed E-state index contributed by atoms with van der Waals surface area (Å²) in [7, 11) is 0. The zero-order valence-corrected chi connectivity index (χ0v) is 8.08. The smallest absolute Gasteiger partial charge is 0.164 e. The van der Waals surface area contributed by atoms with Crippen LogP contribution >= 0.6 is 0 Å². The van der Waals surface area contributed by atoms with Crippen molar-refractivity contribution >= 4 is 0 Å². The Labute approximate surface area is 82.5 Å². The van der Waals surface area contributed by atoms with Crippen LogP contribution in [-0.4, -0.2) is 13.2 Å². The predicted molar refractivity (Wildman–Crippen MR) is 51.1 cm³/mol. The Balaban J connectivity index is 2.38. The van der Waals surface area contributed by atoms with E-state index in [0.29, 0.717) is 19.8 Å². The fourth-order valence-corrected chi connectivity index (χ4v) is 1.54. The lowest BCUT2D eigenvalue weighted by Crippen LogP contribution is -2.16. The van der Waals surface area contributed by atoms with Gasteiger partial charge in [0.2, 0.25) is 0 Å². The monoisotopic (exact) mass is 195 g/mol. The lowest BCUT2D eigenvalue weighted by atomic mass is 10.1. The number of hydrogen-bond donors (Lipinski definition) is 1. The highest BCUT2D eigenvalue weighted by Gasteiger charge is 2.16. The van der Waals surface area contributed by atoms with Crippen LogP contribution in [-0.2, 0) is 11.4 Å². The van der Waals surface area contributed by atoms with Crippen molar-refractivity contribution in [3.63, 3.8) is 0 Å². The molecule has 0 radical (unpaired) electrons. The van der Waals surface area contributed by atoms with Crippen molar-refractivity contribution in [1.29, 1.82) is 0 Å². The molecule has 0 spiro atoms. The normalized spacial score (nSPS) is 14.1. The standard InChI is InChI=1S/C10H13NO3/c1-7-8(6-14-11)2-3-9-10(7)13-5-4-12-9/h2-3H,4-6,11H2,1H3. The van der Waals surface area contributed by atoms with E-state index in [9.17, 15) is 0 Å². The first-order chi connectivity index (χ1) is 6.83. The van der Waals surface area contributed by atoms with Crippen LogP contribution in [0.4, 0.5) is 0 Å². The second-order valence-electron chi connectivity index (χ2n) is 3.18. The summed E-state index contributed by atoms with van der Waals surface area (Å²) in [5.41, 5.74) is 2.06. The van der Waals surface area contributed by atoms with Crippen LogP contribution in [0.3, 0.4) is 0 Å². The Kier molecular flexibility index (Phi) is 2.56. The van der Waals surface area contributed by atoms with E-state index in [1.165, 1.54) is 0 Å². The number of benzene rings is 1. The highest BCUT2D eigenvalue weighted by atomic mass is 16.6. The number of hydrogen-bond acceptors (Lipinski definition) is 4. The molecule has 1 aromatic rings. The van der Waals surface area contributed by atoms with E-state index in [1.54, 1.807) is 0 Å². The van der Waals surface area contributed by atoms with E-state index in [2.05, 4.69) is 4.84 Å². The van der Waals surface area contributed by atoms with Gasteiger partial charge in [-0.3, -0.25) is 4.84 Å². The predicted octanol–water partition coefficient (Wildman–Crippen LogP) is 1.16. The molecule has 0 amide bonds. The summed E-state index contributed by atoms with van der Waals surface area (Å²) in [5, 5.41) is 0. The van der Waals surface area contributed by atoms with Crippen molar-refractivity contribution in [3.8, 4) is 11.5 Å². The van der Waals surface area contributed by atoms with Crippen LogP contribution in [0.25, 0.3) is 0 Å². The number of fused-ring (bicyclic) bond motifs is 1. The van der Waals surface area contributed by atoms with Crippen molar-refractivity contribution in [2.75, 3.05) is 13.2 Å². The third-order valence-electron chi connectivity index (χ3n) is 2.31. The highest BCUT2D eigenvalue weighted by Crippen LogP contribution is 2.35. The Bertz CT molecular complexity index is 338. The fraction of sp³-hybridized carbons (Fsp3) is 0.400. The third kappa shape index (κ3) is 1.54. The lowest BCUT2D eigenvalue weighted by Gasteiger charge is -2.21. The molecule has 0 aromatic heterocycles. The van der Waals surface area contributed by atoms with Gasteiger partial charge in [0, 0.05) is 5.56 Å². The second-order valence-corrected chi connectivity index (χ2v) is 3.18. The molecule has 4 nitrogen and oxygen atoms in total. The Hall–Kier alpha value is -1.26. The first-order valence-electron chi connectivity index (χ1n) is 4.52. The van der Waals surface area contributed by atoms with Crippen molar-refractivity contribution in [2.24, 2.45) is 5.90 Å². The Morgan fingerprint density at radius 2 is 2.14 bits per heavy atom. The maximum atomic E-state index is 5.52. The summed E-state index contributed by atoms with van der Waals surface area (Å²) < 4.78 is 11.0. The molecule has 2 rings (SSSR count). The molecule has 2 N–H and O–H groups in total. The summed E-state index contributed by atoms with van der Waals surface area (Å²) in [6, 6.07) is 3.82. The van der Waals surface area contributed by atoms with E-state index in [1.807, 2.05) is 19.1 Å². The topological polar surface area (TPSA) is 53.7 Å². The zero-order chi connectivity index (χ0) is 9.97. The molecule has 1 aliphatic heterocycles. The average molecular weight is 195 g/mol. The molecule has 0 atom stereocenters. The summed E-state index contributed by atoms with van der Waals surface area (Å²) in [5.74, 6) is 6.64. The molecular weight excluding hydrogens is 182 g/mol. The van der Waals surface area contributed by atoms with E-state index in [0.717, 1.165) is 22.6 Å². The van der Waals surface area contributed by atoms with Crippen LogP contribution < -0.4 is 15.4 Å². The molecule has 1 heterocycles. The van der Waals surface area contributed by atoms with Crippen LogP contribution in [0.15, 0.2) is 12.1 Å². The van der Waals surface area contributed by atoms with Crippen LogP contribution in [0.1, 0.15) is 11.1 Å². The van der Waals surface area contributed by atoms with Gasteiger partial charge in [-0.05, 0) is 18.6 Å². The minimum Gasteiger partial charge on any atom is -0.486 e. The average Bonchev–Trinajstić information content (AvgIpc) is 2.23. The van der Waals surface area contributed by atoms with Gasteiger partial charge in [0.05, 0.1) is 6.61 Å². The van der Waals surface area contributed by atoms with E-state index >= 15 is 0 Å². The molecule has 4 heteroatoms. The van der Waals surface area contributed by atoms with Crippen molar-refractivity contribution < 1.29 is 14.3 Å². The van der Waals surface area contributed by atoms with Crippen LogP contribution in [0, 0.1) is 6.92 Å². The third-order valence-corrected chi connectivity index (χ3v) is 2.31. The second kappa shape index (κ2) is 3.86. The fourth-order valence-electron chi connectivity index (χ4n) is 1.54. The maximum absolute atomic E-state index is 5.52. The minimum absolute atomic E-state index is 0.391. The molecule has 0 saturated carbocycles. The molecule has 0 saturated heterocycles. The Morgan fingerprint density at radius 3 is 2.93 bits per heavy atom. The number of nitrogens with two attached hydrogens (primary N) is 1. The SMILES string of the molecule is Cc1c(CON)ccc2c1OCCO2. The number of ether oxygens (including phenoxy) is 2. The van der Waals surface area contributed by atoms with Gasteiger partial charge < -0.3 is 9.47 Å². The van der Waals surface area contributed by atoms with E-state index < -0.39 is 0 Å². The van der Waals surface area contributed by atoms with Gasteiger partial charge in [-0.1, -0.05) is 6.07 Å². The van der Waals surface area contributed by atoms with Crippen LogP contribution in [0.2, 0.25) is 0 Å². The molecule has 0 unspecified atom stereocenters. The maximum Gasteiger partial charge on any atom is 0.164 e. The Morgan fingerprint density at radius 1 is 1.36 bits per heavy atom. The molecule has 0 aliphatic carbocycles. The van der Waals surface area contributed by atoms with E-state index in [4.69, 9.17) is 15.4 Å². The van der Waals surface area contributed by atoms with Crippen molar-refractivity contribution in [1.82, 2.24) is 0 Å². The summed E-state index contributed by atoms with van der Waals surface area (Å²) in [4.78, 5) is 4.60. The van der Waals surface area contributed by atoms with Gasteiger partial charge in [0.25, 0.3) is 0 Å². The zero-order valence-electron chi connectivity index (χ0n) is 8.08. The molecule has 0 fully saturated rings. The van der Waals surface area contributed by atoms with Gasteiger partial charge >= 0.3 is 0 Å². The lowest BCUT2D eigenvalue weighted by molar-refractivity contribution is 0.122. The van der Waals surface area contributed by atoms with Crippen molar-refractivity contribution in [2.45, 2.75) is 13.5 Å². The largest absolute Gasteiger partial charge is 0.486 e. The van der Waals surface area contributed by atoms with Crippen LogP contribution in [0.5, 0.6) is 11.5 Å². The summed E-state index contributed by atoms with van der Waals surface area (Å²) in [6.45, 7) is 3.57. The summed E-state index contributed by atoms with van der Waals surface area (Å²) >= 11 is 0. The number of rotatable bonds is 2. The molecule has 0 bridgehead atoms. The molecule has 1 aliphatic rings. The summed E-state index contributed by atoms with van der Waals surface area (Å²) in [6.07, 6.45) is 0. The minimum atomic E-state index is 0.391. The van der Waals surface area contributed by atoms with Gasteiger partial charge in [-0.2, -0.15) is 0 Å². The van der Waals surface area contributed by atoms with Gasteiger partial charge in [0.15, 0.2) is 11.5 Å². The first-order valence-corrected chi connectivity index (χ1v) is 4.52. The highest BCUT2D eigenvalue weighted by molar-refractivity contribution is 5.50. The van der Waals surface area contributed by atoms with Gasteiger partial charge in [-0.25, -0.2) is 5.90 Å².